The molecule has 0 aromatic carbocycles. The van der Waals surface area contributed by atoms with E-state index in [4.69, 9.17) is 0 Å². The van der Waals surface area contributed by atoms with Crippen molar-refractivity contribution in [2.45, 2.75) is 25.2 Å². The quantitative estimate of drug-likeness (QED) is 0.938. The number of rotatable bonds is 3. The standard InChI is InChI=1S/C12H17N3OS2/c1-2-9-7-14(3-5-17-9)11-10(8-16)15-4-6-18-12(15)13-11/h4,6,9,16H,2-3,5,7-8H2,1H3. The van der Waals surface area contributed by atoms with E-state index in [0.717, 1.165) is 35.3 Å². The summed E-state index contributed by atoms with van der Waals surface area (Å²) >= 11 is 3.66. The van der Waals surface area contributed by atoms with Gasteiger partial charge in [-0.1, -0.05) is 6.92 Å². The van der Waals surface area contributed by atoms with E-state index in [1.165, 1.54) is 6.42 Å². The third-order valence-corrected chi connectivity index (χ3v) is 5.51. The summed E-state index contributed by atoms with van der Waals surface area (Å²) in [5, 5.41) is 12.3. The molecule has 0 aliphatic carbocycles. The Bertz CT molecular complexity index is 536. The molecule has 1 atom stereocenters. The lowest BCUT2D eigenvalue weighted by atomic mass is 10.3. The van der Waals surface area contributed by atoms with Gasteiger partial charge in [-0.25, -0.2) is 4.98 Å². The van der Waals surface area contributed by atoms with Crippen LogP contribution in [0.15, 0.2) is 11.6 Å². The number of anilines is 1. The molecule has 0 saturated carbocycles. The van der Waals surface area contributed by atoms with Crippen LogP contribution in [0.25, 0.3) is 4.96 Å². The lowest BCUT2D eigenvalue weighted by molar-refractivity contribution is 0.276. The summed E-state index contributed by atoms with van der Waals surface area (Å²) < 4.78 is 2.00. The molecule has 1 fully saturated rings. The molecule has 6 heteroatoms. The molecule has 2 aromatic rings. The molecule has 1 N–H and O–H groups in total. The average Bonchev–Trinajstić information content (AvgIpc) is 2.98. The maximum Gasteiger partial charge on any atom is 0.195 e. The molecule has 0 radical (unpaired) electrons. The summed E-state index contributed by atoms with van der Waals surface area (Å²) in [6.07, 6.45) is 3.18. The molecule has 2 aromatic heterocycles. The van der Waals surface area contributed by atoms with Gasteiger partial charge in [-0.15, -0.1) is 11.3 Å². The molecule has 0 amide bonds. The topological polar surface area (TPSA) is 40.8 Å². The Morgan fingerprint density at radius 1 is 1.56 bits per heavy atom. The fraction of sp³-hybridized carbons (Fsp3) is 0.583. The number of hydrogen-bond acceptors (Lipinski definition) is 5. The highest BCUT2D eigenvalue weighted by atomic mass is 32.2. The van der Waals surface area contributed by atoms with Crippen molar-refractivity contribution in [3.63, 3.8) is 0 Å². The first-order valence-electron chi connectivity index (χ1n) is 6.25. The van der Waals surface area contributed by atoms with Crippen LogP contribution in [0.1, 0.15) is 19.0 Å². The third-order valence-electron chi connectivity index (χ3n) is 3.38. The zero-order valence-electron chi connectivity index (χ0n) is 10.4. The maximum atomic E-state index is 9.59. The van der Waals surface area contributed by atoms with Gasteiger partial charge in [0.15, 0.2) is 10.8 Å². The smallest absolute Gasteiger partial charge is 0.195 e. The van der Waals surface area contributed by atoms with E-state index in [-0.39, 0.29) is 6.61 Å². The van der Waals surface area contributed by atoms with Crippen LogP contribution in [0.3, 0.4) is 0 Å². The van der Waals surface area contributed by atoms with Crippen LogP contribution in [0.4, 0.5) is 5.82 Å². The molecule has 0 spiro atoms. The Morgan fingerprint density at radius 2 is 2.44 bits per heavy atom. The van der Waals surface area contributed by atoms with Crippen molar-refractivity contribution in [3.05, 3.63) is 17.3 Å². The predicted molar refractivity (Wildman–Crippen MR) is 77.7 cm³/mol. The number of fused-ring (bicyclic) bond motifs is 1. The number of aliphatic hydroxyl groups excluding tert-OH is 1. The number of hydrogen-bond donors (Lipinski definition) is 1. The van der Waals surface area contributed by atoms with Gasteiger partial charge in [0.25, 0.3) is 0 Å². The normalized spacial score (nSPS) is 20.8. The van der Waals surface area contributed by atoms with Crippen LogP contribution in [-0.2, 0) is 6.61 Å². The van der Waals surface area contributed by atoms with Crippen molar-refractivity contribution in [2.24, 2.45) is 0 Å². The van der Waals surface area contributed by atoms with Crippen LogP contribution < -0.4 is 4.90 Å². The molecular weight excluding hydrogens is 266 g/mol. The summed E-state index contributed by atoms with van der Waals surface area (Å²) in [5.74, 6) is 2.12. The van der Waals surface area contributed by atoms with Crippen LogP contribution in [0.2, 0.25) is 0 Å². The van der Waals surface area contributed by atoms with Crippen molar-refractivity contribution < 1.29 is 5.11 Å². The predicted octanol–water partition coefficient (Wildman–Crippen LogP) is 2.22. The highest BCUT2D eigenvalue weighted by molar-refractivity contribution is 8.00. The summed E-state index contributed by atoms with van der Waals surface area (Å²) in [5.41, 5.74) is 0.924. The number of thioether (sulfide) groups is 1. The molecule has 0 bridgehead atoms. The van der Waals surface area contributed by atoms with Crippen LogP contribution in [-0.4, -0.2) is 38.6 Å². The molecule has 1 aliphatic rings. The molecular formula is C12H17N3OS2. The zero-order valence-corrected chi connectivity index (χ0v) is 12.0. The van der Waals surface area contributed by atoms with Crippen LogP contribution in [0.5, 0.6) is 0 Å². The number of aliphatic hydroxyl groups is 1. The fourth-order valence-electron chi connectivity index (χ4n) is 2.38. The number of nitrogens with zero attached hydrogens (tertiary/aromatic N) is 3. The summed E-state index contributed by atoms with van der Waals surface area (Å²) in [6, 6.07) is 0. The second kappa shape index (κ2) is 5.11. The lowest BCUT2D eigenvalue weighted by Crippen LogP contribution is -2.38. The zero-order chi connectivity index (χ0) is 12.5. The molecule has 3 rings (SSSR count). The largest absolute Gasteiger partial charge is 0.390 e. The van der Waals surface area contributed by atoms with E-state index in [2.05, 4.69) is 16.8 Å². The van der Waals surface area contributed by atoms with E-state index >= 15 is 0 Å². The molecule has 1 saturated heterocycles. The minimum absolute atomic E-state index is 0.0493. The molecule has 4 nitrogen and oxygen atoms in total. The first-order chi connectivity index (χ1) is 8.83. The van der Waals surface area contributed by atoms with E-state index in [1.807, 2.05) is 27.7 Å². The van der Waals surface area contributed by atoms with E-state index in [9.17, 15) is 5.11 Å². The Kier molecular flexibility index (Phi) is 3.50. The van der Waals surface area contributed by atoms with Gasteiger partial charge in [0.1, 0.15) is 0 Å². The molecule has 1 aliphatic heterocycles. The van der Waals surface area contributed by atoms with Crippen molar-refractivity contribution in [3.8, 4) is 0 Å². The van der Waals surface area contributed by atoms with Gasteiger partial charge in [-0.3, -0.25) is 4.40 Å². The summed E-state index contributed by atoms with van der Waals surface area (Å²) in [4.78, 5) is 7.98. The fourth-order valence-corrected chi connectivity index (χ4v) is 4.29. The van der Waals surface area contributed by atoms with E-state index in [0.29, 0.717) is 5.25 Å². The number of imidazole rings is 1. The summed E-state index contributed by atoms with van der Waals surface area (Å²) in [7, 11) is 0. The van der Waals surface area contributed by atoms with Gasteiger partial charge in [0.2, 0.25) is 0 Å². The van der Waals surface area contributed by atoms with Gasteiger partial charge >= 0.3 is 0 Å². The highest BCUT2D eigenvalue weighted by Crippen LogP contribution is 2.29. The Balaban J connectivity index is 1.95. The molecule has 18 heavy (non-hydrogen) atoms. The van der Waals surface area contributed by atoms with Crippen molar-refractivity contribution >= 4 is 33.9 Å². The molecule has 3 heterocycles. The van der Waals surface area contributed by atoms with Gasteiger partial charge < -0.3 is 10.0 Å². The summed E-state index contributed by atoms with van der Waals surface area (Å²) in [6.45, 7) is 4.35. The maximum absolute atomic E-state index is 9.59. The molecule has 1 unspecified atom stereocenters. The van der Waals surface area contributed by atoms with Gasteiger partial charge in [-0.2, -0.15) is 11.8 Å². The Hall–Kier alpha value is -0.720. The Morgan fingerprint density at radius 3 is 3.22 bits per heavy atom. The van der Waals surface area contributed by atoms with Crippen molar-refractivity contribution in [1.29, 1.82) is 0 Å². The van der Waals surface area contributed by atoms with Crippen molar-refractivity contribution in [1.82, 2.24) is 9.38 Å². The number of aromatic nitrogens is 2. The SMILES string of the molecule is CCC1CN(c2nc3sccn3c2CO)CCS1. The van der Waals surface area contributed by atoms with Gasteiger partial charge in [0, 0.05) is 35.7 Å². The van der Waals surface area contributed by atoms with E-state index in [1.54, 1.807) is 11.3 Å². The third kappa shape index (κ3) is 2.02. The lowest BCUT2D eigenvalue weighted by Gasteiger charge is -2.32. The monoisotopic (exact) mass is 283 g/mol. The van der Waals surface area contributed by atoms with Crippen LogP contribution in [0, 0.1) is 0 Å². The minimum Gasteiger partial charge on any atom is -0.390 e. The van der Waals surface area contributed by atoms with Gasteiger partial charge in [-0.05, 0) is 6.42 Å². The second-order valence-electron chi connectivity index (χ2n) is 4.44. The van der Waals surface area contributed by atoms with Gasteiger partial charge in [0.05, 0.1) is 12.3 Å². The van der Waals surface area contributed by atoms with E-state index < -0.39 is 0 Å². The minimum atomic E-state index is 0.0493. The second-order valence-corrected chi connectivity index (χ2v) is 6.72. The van der Waals surface area contributed by atoms with Crippen LogP contribution >= 0.6 is 23.1 Å². The number of thiazole rings is 1. The highest BCUT2D eigenvalue weighted by Gasteiger charge is 2.24. The Labute approximate surface area is 115 Å². The van der Waals surface area contributed by atoms with Crippen molar-refractivity contribution in [2.75, 3.05) is 23.7 Å². The first kappa shape index (κ1) is 12.3. The molecule has 98 valence electrons. The first-order valence-corrected chi connectivity index (χ1v) is 8.18. The average molecular weight is 283 g/mol.